The number of carbonyl (C=O) groups excluding carboxylic acids is 3. The number of nitrogens with zero attached hydrogens (tertiary/aromatic N) is 2. The van der Waals surface area contributed by atoms with Crippen LogP contribution in [0.5, 0.6) is 0 Å². The zero-order valence-corrected chi connectivity index (χ0v) is 15.8. The maximum absolute atomic E-state index is 12.3. The minimum atomic E-state index is -0.860. The van der Waals surface area contributed by atoms with Crippen molar-refractivity contribution in [1.82, 2.24) is 5.32 Å². The molecule has 9 nitrogen and oxygen atoms in total. The maximum atomic E-state index is 12.3. The Morgan fingerprint density at radius 1 is 1.17 bits per heavy atom. The van der Waals surface area contributed by atoms with Crippen LogP contribution in [-0.2, 0) is 9.59 Å². The van der Waals surface area contributed by atoms with E-state index in [0.717, 1.165) is 18.2 Å². The third-order valence-electron chi connectivity index (χ3n) is 4.58. The van der Waals surface area contributed by atoms with Crippen LogP contribution >= 0.6 is 0 Å². The zero-order chi connectivity index (χ0) is 21.0. The van der Waals surface area contributed by atoms with E-state index in [1.54, 1.807) is 29.2 Å². The highest BCUT2D eigenvalue weighted by Crippen LogP contribution is 2.23. The number of nitrogens with one attached hydrogen (secondary N) is 2. The van der Waals surface area contributed by atoms with E-state index in [2.05, 4.69) is 10.6 Å². The molecule has 2 N–H and O–H groups in total. The van der Waals surface area contributed by atoms with Crippen LogP contribution < -0.4 is 15.5 Å². The Balaban J connectivity index is 1.59. The van der Waals surface area contributed by atoms with Gasteiger partial charge in [-0.05, 0) is 43.7 Å². The molecule has 150 valence electrons. The van der Waals surface area contributed by atoms with Crippen molar-refractivity contribution >= 4 is 34.8 Å². The SMILES string of the molecule is CC(NC(=O)c1cccc([N+](=O)[O-])c1)C(=O)Nc1ccc(N2CCCC2=O)cc1. The predicted octanol–water partition coefficient (Wildman–Crippen LogP) is 2.48. The Kier molecular flexibility index (Phi) is 5.87. The van der Waals surface area contributed by atoms with Gasteiger partial charge in [0.2, 0.25) is 11.8 Å². The van der Waals surface area contributed by atoms with Gasteiger partial charge in [0.05, 0.1) is 4.92 Å². The van der Waals surface area contributed by atoms with Crippen molar-refractivity contribution in [3.63, 3.8) is 0 Å². The first kappa shape index (κ1) is 20.0. The maximum Gasteiger partial charge on any atom is 0.270 e. The minimum absolute atomic E-state index is 0.0827. The summed E-state index contributed by atoms with van der Waals surface area (Å²) in [6, 6.07) is 11.3. The molecule has 9 heteroatoms. The average molecular weight is 396 g/mol. The van der Waals surface area contributed by atoms with Crippen LogP contribution in [0, 0.1) is 10.1 Å². The summed E-state index contributed by atoms with van der Waals surface area (Å²) in [6.07, 6.45) is 1.37. The highest BCUT2D eigenvalue weighted by Gasteiger charge is 2.22. The van der Waals surface area contributed by atoms with Gasteiger partial charge < -0.3 is 15.5 Å². The summed E-state index contributed by atoms with van der Waals surface area (Å²) in [4.78, 5) is 48.3. The quantitative estimate of drug-likeness (QED) is 0.574. The van der Waals surface area contributed by atoms with E-state index in [1.807, 2.05) is 0 Å². The Bertz CT molecular complexity index is 958. The molecule has 0 aromatic heterocycles. The van der Waals surface area contributed by atoms with Gasteiger partial charge in [0.15, 0.2) is 0 Å². The molecule has 0 saturated carbocycles. The summed E-state index contributed by atoms with van der Waals surface area (Å²) in [5.41, 5.74) is 1.20. The summed E-state index contributed by atoms with van der Waals surface area (Å²) in [5.74, 6) is -0.938. The van der Waals surface area contributed by atoms with Crippen LogP contribution in [0.25, 0.3) is 0 Å². The number of nitro groups is 1. The van der Waals surface area contributed by atoms with Crippen molar-refractivity contribution in [1.29, 1.82) is 0 Å². The van der Waals surface area contributed by atoms with Gasteiger partial charge in [-0.1, -0.05) is 6.07 Å². The normalized spacial score (nSPS) is 14.4. The highest BCUT2D eigenvalue weighted by molar-refractivity contribution is 6.01. The lowest BCUT2D eigenvalue weighted by atomic mass is 10.1. The molecule has 0 radical (unpaired) electrons. The minimum Gasteiger partial charge on any atom is -0.341 e. The van der Waals surface area contributed by atoms with Gasteiger partial charge in [-0.3, -0.25) is 24.5 Å². The number of non-ortho nitro benzene ring substituents is 1. The van der Waals surface area contributed by atoms with Gasteiger partial charge in [0.25, 0.3) is 11.6 Å². The van der Waals surface area contributed by atoms with Crippen molar-refractivity contribution in [2.45, 2.75) is 25.8 Å². The molecular weight excluding hydrogens is 376 g/mol. The van der Waals surface area contributed by atoms with Crippen LogP contribution in [0.2, 0.25) is 0 Å². The Morgan fingerprint density at radius 2 is 1.90 bits per heavy atom. The van der Waals surface area contributed by atoms with Crippen LogP contribution in [-0.4, -0.2) is 35.2 Å². The van der Waals surface area contributed by atoms with E-state index >= 15 is 0 Å². The van der Waals surface area contributed by atoms with E-state index in [-0.39, 0.29) is 17.2 Å². The lowest BCUT2D eigenvalue weighted by Crippen LogP contribution is -2.41. The van der Waals surface area contributed by atoms with Crippen molar-refractivity contribution in [3.8, 4) is 0 Å². The fraction of sp³-hybridized carbons (Fsp3) is 0.250. The Morgan fingerprint density at radius 3 is 2.52 bits per heavy atom. The van der Waals surface area contributed by atoms with E-state index in [4.69, 9.17) is 0 Å². The van der Waals surface area contributed by atoms with Crippen LogP contribution in [0.1, 0.15) is 30.1 Å². The molecule has 1 unspecified atom stereocenters. The fourth-order valence-electron chi connectivity index (χ4n) is 3.00. The Hall–Kier alpha value is -3.75. The van der Waals surface area contributed by atoms with E-state index < -0.39 is 22.8 Å². The van der Waals surface area contributed by atoms with Gasteiger partial charge in [0, 0.05) is 42.0 Å². The van der Waals surface area contributed by atoms with E-state index in [9.17, 15) is 24.5 Å². The summed E-state index contributed by atoms with van der Waals surface area (Å²) in [7, 11) is 0. The summed E-state index contributed by atoms with van der Waals surface area (Å²) in [5, 5.41) is 16.0. The second-order valence-corrected chi connectivity index (χ2v) is 6.69. The molecular formula is C20H20N4O5. The van der Waals surface area contributed by atoms with Gasteiger partial charge in [0.1, 0.15) is 6.04 Å². The molecule has 0 aliphatic carbocycles. The molecule has 2 aromatic carbocycles. The second kappa shape index (κ2) is 8.51. The van der Waals surface area contributed by atoms with E-state index in [0.29, 0.717) is 18.7 Å². The molecule has 3 amide bonds. The predicted molar refractivity (Wildman–Crippen MR) is 107 cm³/mol. The molecule has 0 spiro atoms. The lowest BCUT2D eigenvalue weighted by molar-refractivity contribution is -0.384. The first-order chi connectivity index (χ1) is 13.8. The molecule has 1 aliphatic heterocycles. The molecule has 1 heterocycles. The van der Waals surface area contributed by atoms with Crippen LogP contribution in [0.4, 0.5) is 17.1 Å². The number of amides is 3. The number of benzene rings is 2. The van der Waals surface area contributed by atoms with E-state index in [1.165, 1.54) is 25.1 Å². The lowest BCUT2D eigenvalue weighted by Gasteiger charge is -2.17. The van der Waals surface area contributed by atoms with Crippen molar-refractivity contribution < 1.29 is 19.3 Å². The number of hydrogen-bond donors (Lipinski definition) is 2. The van der Waals surface area contributed by atoms with Gasteiger partial charge in [-0.25, -0.2) is 0 Å². The molecule has 1 aliphatic rings. The van der Waals surface area contributed by atoms with Crippen LogP contribution in [0.3, 0.4) is 0 Å². The molecule has 3 rings (SSSR count). The fourth-order valence-corrected chi connectivity index (χ4v) is 3.00. The molecule has 2 aromatic rings. The number of anilines is 2. The van der Waals surface area contributed by atoms with Crippen molar-refractivity contribution in [2.24, 2.45) is 0 Å². The van der Waals surface area contributed by atoms with Gasteiger partial charge in [-0.15, -0.1) is 0 Å². The topological polar surface area (TPSA) is 122 Å². The van der Waals surface area contributed by atoms with Crippen LogP contribution in [0.15, 0.2) is 48.5 Å². The smallest absolute Gasteiger partial charge is 0.270 e. The molecule has 1 fully saturated rings. The standard InChI is InChI=1S/C20H20N4O5/c1-13(21-20(27)14-4-2-5-17(12-14)24(28)29)19(26)22-15-7-9-16(10-8-15)23-11-3-6-18(23)25/h2,4-5,7-10,12-13H,3,6,11H2,1H3,(H,21,27)(H,22,26). The number of nitro benzene ring substituents is 1. The van der Waals surface area contributed by atoms with Crippen molar-refractivity contribution in [3.05, 3.63) is 64.2 Å². The number of carbonyl (C=O) groups is 3. The average Bonchev–Trinajstić information content (AvgIpc) is 3.14. The monoisotopic (exact) mass is 396 g/mol. The molecule has 1 atom stereocenters. The summed E-state index contributed by atoms with van der Waals surface area (Å²) >= 11 is 0. The van der Waals surface area contributed by atoms with Gasteiger partial charge in [-0.2, -0.15) is 0 Å². The number of rotatable bonds is 6. The third-order valence-corrected chi connectivity index (χ3v) is 4.58. The molecule has 1 saturated heterocycles. The number of hydrogen-bond acceptors (Lipinski definition) is 5. The first-order valence-corrected chi connectivity index (χ1v) is 9.12. The summed E-state index contributed by atoms with van der Waals surface area (Å²) in [6.45, 7) is 2.20. The Labute approximate surface area is 166 Å². The highest BCUT2D eigenvalue weighted by atomic mass is 16.6. The van der Waals surface area contributed by atoms with Gasteiger partial charge >= 0.3 is 0 Å². The first-order valence-electron chi connectivity index (χ1n) is 9.12. The molecule has 0 bridgehead atoms. The summed E-state index contributed by atoms with van der Waals surface area (Å²) < 4.78 is 0. The largest absolute Gasteiger partial charge is 0.341 e. The molecule has 29 heavy (non-hydrogen) atoms. The van der Waals surface area contributed by atoms with Crippen molar-refractivity contribution in [2.75, 3.05) is 16.8 Å². The zero-order valence-electron chi connectivity index (χ0n) is 15.8. The third kappa shape index (κ3) is 4.75. The second-order valence-electron chi connectivity index (χ2n) is 6.69.